The number of carbonyl (C=O) groups is 1. The largest absolute Gasteiger partial charge is 0.481 e. The van der Waals surface area contributed by atoms with Crippen molar-refractivity contribution in [2.75, 3.05) is 18.0 Å². The molecule has 0 amide bonds. The van der Waals surface area contributed by atoms with E-state index < -0.39 is 23.5 Å². The van der Waals surface area contributed by atoms with Crippen LogP contribution in [-0.4, -0.2) is 34.1 Å². The van der Waals surface area contributed by atoms with E-state index in [0.29, 0.717) is 30.0 Å². The van der Waals surface area contributed by atoms with Gasteiger partial charge < -0.3 is 10.0 Å². The Hall–Kier alpha value is -2.57. The number of aliphatic carboxylic acids is 1. The number of anilines is 1. The second kappa shape index (κ2) is 8.63. The molecular weight excluding hydrogens is 364 g/mol. The van der Waals surface area contributed by atoms with Gasteiger partial charge in [0.15, 0.2) is 0 Å². The van der Waals surface area contributed by atoms with Gasteiger partial charge in [0.05, 0.1) is 11.6 Å². The van der Waals surface area contributed by atoms with E-state index in [0.717, 1.165) is 44.5 Å². The van der Waals surface area contributed by atoms with Crippen molar-refractivity contribution in [1.29, 1.82) is 0 Å². The van der Waals surface area contributed by atoms with Crippen molar-refractivity contribution in [3.8, 4) is 11.3 Å². The first-order chi connectivity index (χ1) is 13.4. The number of aromatic nitrogens is 2. The molecule has 0 radical (unpaired) electrons. The molecule has 7 heteroatoms. The Labute approximate surface area is 163 Å². The molecule has 2 aromatic rings. The molecule has 1 unspecified atom stereocenters. The van der Waals surface area contributed by atoms with Gasteiger partial charge in [-0.3, -0.25) is 4.79 Å². The van der Waals surface area contributed by atoms with Gasteiger partial charge in [-0.05, 0) is 44.7 Å². The number of carboxylic acid groups (broad SMARTS) is 1. The lowest BCUT2D eigenvalue weighted by molar-refractivity contribution is -0.139. The van der Waals surface area contributed by atoms with Crippen LogP contribution in [0.1, 0.15) is 56.2 Å². The molecule has 0 bridgehead atoms. The topological polar surface area (TPSA) is 66.3 Å². The van der Waals surface area contributed by atoms with Crippen molar-refractivity contribution >= 4 is 11.9 Å². The summed E-state index contributed by atoms with van der Waals surface area (Å²) in [6.45, 7) is 5.25. The van der Waals surface area contributed by atoms with E-state index in [1.54, 1.807) is 6.92 Å². The first-order valence-corrected chi connectivity index (χ1v) is 9.74. The normalized spacial score (nSPS) is 15.5. The summed E-state index contributed by atoms with van der Waals surface area (Å²) in [5.74, 6) is -2.82. The summed E-state index contributed by atoms with van der Waals surface area (Å²) < 4.78 is 28.1. The van der Waals surface area contributed by atoms with Crippen LogP contribution >= 0.6 is 0 Å². The third kappa shape index (κ3) is 4.13. The number of halogens is 2. The van der Waals surface area contributed by atoms with E-state index in [4.69, 9.17) is 0 Å². The molecule has 2 heterocycles. The number of aryl methyl sites for hydroxylation is 1. The zero-order valence-electron chi connectivity index (χ0n) is 16.2. The monoisotopic (exact) mass is 389 g/mol. The molecule has 1 saturated heterocycles. The fourth-order valence-electron chi connectivity index (χ4n) is 3.79. The number of rotatable bonds is 6. The van der Waals surface area contributed by atoms with E-state index in [-0.39, 0.29) is 11.3 Å². The highest BCUT2D eigenvalue weighted by Gasteiger charge is 2.29. The molecular formula is C21H25F2N3O2. The summed E-state index contributed by atoms with van der Waals surface area (Å²) in [5, 5.41) is 9.77. The zero-order valence-corrected chi connectivity index (χ0v) is 16.2. The maximum absolute atomic E-state index is 14.6. The van der Waals surface area contributed by atoms with E-state index in [1.165, 1.54) is 6.07 Å². The molecule has 3 rings (SSSR count). The summed E-state index contributed by atoms with van der Waals surface area (Å²) in [6, 6.07) is 3.28. The number of benzene rings is 1. The van der Waals surface area contributed by atoms with Crippen molar-refractivity contribution in [1.82, 2.24) is 9.97 Å². The Balaban J connectivity index is 2.21. The van der Waals surface area contributed by atoms with Crippen LogP contribution in [-0.2, 0) is 4.79 Å². The van der Waals surface area contributed by atoms with Gasteiger partial charge in [-0.1, -0.05) is 13.3 Å². The molecule has 1 atom stereocenters. The molecule has 150 valence electrons. The van der Waals surface area contributed by atoms with Gasteiger partial charge in [-0.25, -0.2) is 18.7 Å². The number of hydrogen-bond acceptors (Lipinski definition) is 4. The summed E-state index contributed by atoms with van der Waals surface area (Å²) in [6.07, 6.45) is 4.23. The summed E-state index contributed by atoms with van der Waals surface area (Å²) in [5.41, 5.74) is 1.27. The molecule has 0 spiro atoms. The Morgan fingerprint density at radius 3 is 2.54 bits per heavy atom. The molecule has 1 aliphatic rings. The number of piperidine rings is 1. The number of nitrogens with zero attached hydrogens (tertiary/aromatic N) is 3. The fourth-order valence-corrected chi connectivity index (χ4v) is 3.79. The van der Waals surface area contributed by atoms with Gasteiger partial charge in [0.25, 0.3) is 0 Å². The Bertz CT molecular complexity index is 867. The Morgan fingerprint density at radius 2 is 1.93 bits per heavy atom. The Morgan fingerprint density at radius 1 is 1.21 bits per heavy atom. The van der Waals surface area contributed by atoms with E-state index >= 15 is 0 Å². The van der Waals surface area contributed by atoms with Crippen molar-refractivity contribution < 1.29 is 18.7 Å². The molecule has 1 fully saturated rings. The van der Waals surface area contributed by atoms with Gasteiger partial charge >= 0.3 is 5.97 Å². The predicted molar refractivity (Wildman–Crippen MR) is 103 cm³/mol. The SMILES string of the molecule is CCCC(C(=O)O)c1c(C)nc(N2CCCCC2)nc1-c1ccc(F)cc1F. The maximum atomic E-state index is 14.6. The number of hydrogen-bond donors (Lipinski definition) is 1. The highest BCUT2D eigenvalue weighted by Crippen LogP contribution is 2.35. The molecule has 1 aliphatic heterocycles. The lowest BCUT2D eigenvalue weighted by Gasteiger charge is -2.28. The van der Waals surface area contributed by atoms with Crippen LogP contribution in [0.4, 0.5) is 14.7 Å². The molecule has 1 N–H and O–H groups in total. The van der Waals surface area contributed by atoms with E-state index in [1.807, 2.05) is 11.8 Å². The highest BCUT2D eigenvalue weighted by molar-refractivity contribution is 5.81. The standard InChI is InChI=1S/C21H25F2N3O2/c1-3-7-16(20(27)28)18-13(2)24-21(26-10-5-4-6-11-26)25-19(18)15-9-8-14(22)12-17(15)23/h8-9,12,16H,3-7,10-11H2,1-2H3,(H,27,28). The van der Waals surface area contributed by atoms with E-state index in [9.17, 15) is 18.7 Å². The van der Waals surface area contributed by atoms with Crippen molar-refractivity contribution in [3.05, 3.63) is 41.1 Å². The van der Waals surface area contributed by atoms with Crippen LogP contribution in [0.2, 0.25) is 0 Å². The minimum absolute atomic E-state index is 0.0995. The van der Waals surface area contributed by atoms with Crippen LogP contribution < -0.4 is 4.90 Å². The minimum Gasteiger partial charge on any atom is -0.481 e. The molecule has 1 aromatic heterocycles. The fraction of sp³-hybridized carbons (Fsp3) is 0.476. The second-order valence-electron chi connectivity index (χ2n) is 7.22. The van der Waals surface area contributed by atoms with Crippen LogP contribution in [0, 0.1) is 18.6 Å². The summed E-state index contributed by atoms with van der Waals surface area (Å²) in [7, 11) is 0. The van der Waals surface area contributed by atoms with E-state index in [2.05, 4.69) is 9.97 Å². The third-order valence-electron chi connectivity index (χ3n) is 5.17. The summed E-state index contributed by atoms with van der Waals surface area (Å²) >= 11 is 0. The predicted octanol–water partition coefficient (Wildman–Crippen LogP) is 4.69. The zero-order chi connectivity index (χ0) is 20.3. The van der Waals surface area contributed by atoms with Crippen molar-refractivity contribution in [3.63, 3.8) is 0 Å². The smallest absolute Gasteiger partial charge is 0.311 e. The quantitative estimate of drug-likeness (QED) is 0.776. The van der Waals surface area contributed by atoms with Crippen LogP contribution in [0.25, 0.3) is 11.3 Å². The van der Waals surface area contributed by atoms with Gasteiger partial charge in [-0.2, -0.15) is 0 Å². The first kappa shape index (κ1) is 20.2. The highest BCUT2D eigenvalue weighted by atomic mass is 19.1. The molecule has 0 saturated carbocycles. The average molecular weight is 389 g/mol. The maximum Gasteiger partial charge on any atom is 0.311 e. The minimum atomic E-state index is -0.997. The van der Waals surface area contributed by atoms with Gasteiger partial charge in [0, 0.05) is 36.0 Å². The molecule has 28 heavy (non-hydrogen) atoms. The lowest BCUT2D eigenvalue weighted by atomic mass is 9.89. The lowest BCUT2D eigenvalue weighted by Crippen LogP contribution is -2.31. The van der Waals surface area contributed by atoms with Gasteiger partial charge in [0.1, 0.15) is 11.6 Å². The molecule has 5 nitrogen and oxygen atoms in total. The van der Waals surface area contributed by atoms with Crippen molar-refractivity contribution in [2.24, 2.45) is 0 Å². The van der Waals surface area contributed by atoms with Crippen LogP contribution in [0.3, 0.4) is 0 Å². The van der Waals surface area contributed by atoms with Crippen molar-refractivity contribution in [2.45, 2.75) is 51.9 Å². The van der Waals surface area contributed by atoms with Gasteiger partial charge in [-0.15, -0.1) is 0 Å². The van der Waals surface area contributed by atoms with Gasteiger partial charge in [0.2, 0.25) is 5.95 Å². The first-order valence-electron chi connectivity index (χ1n) is 9.74. The second-order valence-corrected chi connectivity index (χ2v) is 7.22. The third-order valence-corrected chi connectivity index (χ3v) is 5.17. The molecule has 0 aliphatic carbocycles. The summed E-state index contributed by atoms with van der Waals surface area (Å²) in [4.78, 5) is 23.1. The number of carboxylic acids is 1. The average Bonchev–Trinajstić information content (AvgIpc) is 2.66. The molecule has 1 aromatic carbocycles. The Kier molecular flexibility index (Phi) is 6.21. The van der Waals surface area contributed by atoms with Crippen LogP contribution in [0.5, 0.6) is 0 Å². The van der Waals surface area contributed by atoms with Crippen LogP contribution in [0.15, 0.2) is 18.2 Å².